The van der Waals surface area contributed by atoms with Crippen molar-refractivity contribution < 1.29 is 13.9 Å². The molecule has 4 nitrogen and oxygen atoms in total. The molecule has 0 aliphatic heterocycles. The maximum Gasteiger partial charge on any atom is 0.319 e. The van der Waals surface area contributed by atoms with Gasteiger partial charge < -0.3 is 15.4 Å². The highest BCUT2D eigenvalue weighted by atomic mass is 35.5. The van der Waals surface area contributed by atoms with Crippen LogP contribution in [0, 0.1) is 5.82 Å². The van der Waals surface area contributed by atoms with Crippen molar-refractivity contribution in [2.24, 2.45) is 0 Å². The summed E-state index contributed by atoms with van der Waals surface area (Å²) in [5, 5.41) is 5.02. The number of nitrogens with one attached hydrogen (secondary N) is 2. The van der Waals surface area contributed by atoms with Crippen LogP contribution in [0.1, 0.15) is 26.2 Å². The fourth-order valence-corrected chi connectivity index (χ4v) is 1.67. The average molecular weight is 303 g/mol. The van der Waals surface area contributed by atoms with E-state index < -0.39 is 11.8 Å². The first kappa shape index (κ1) is 16.7. The molecule has 0 spiro atoms. The van der Waals surface area contributed by atoms with E-state index in [1.807, 2.05) is 0 Å². The normalized spacial score (nSPS) is 10.3. The number of ether oxygens (including phenoxy) is 1. The largest absolute Gasteiger partial charge is 0.381 e. The van der Waals surface area contributed by atoms with Gasteiger partial charge in [-0.05, 0) is 25.0 Å². The second kappa shape index (κ2) is 9.55. The summed E-state index contributed by atoms with van der Waals surface area (Å²) in [7, 11) is 0. The fourth-order valence-electron chi connectivity index (χ4n) is 1.49. The summed E-state index contributed by atoms with van der Waals surface area (Å²) in [5.41, 5.74) is 0.0641. The number of carbonyl (C=O) groups excluding carboxylic acids is 1. The van der Waals surface area contributed by atoms with Gasteiger partial charge in [0, 0.05) is 19.8 Å². The van der Waals surface area contributed by atoms with Crippen molar-refractivity contribution in [3.8, 4) is 0 Å². The predicted molar refractivity (Wildman–Crippen MR) is 78.8 cm³/mol. The molecular formula is C14H20ClFN2O2. The predicted octanol–water partition coefficient (Wildman–Crippen LogP) is 3.81. The zero-order valence-electron chi connectivity index (χ0n) is 11.5. The minimum Gasteiger partial charge on any atom is -0.381 e. The van der Waals surface area contributed by atoms with E-state index in [-0.39, 0.29) is 10.7 Å². The number of unbranched alkanes of at least 4 members (excludes halogenated alkanes) is 1. The van der Waals surface area contributed by atoms with E-state index in [4.69, 9.17) is 16.3 Å². The van der Waals surface area contributed by atoms with Crippen molar-refractivity contribution in [3.05, 3.63) is 29.0 Å². The number of amides is 2. The Morgan fingerprint density at radius 1 is 1.35 bits per heavy atom. The van der Waals surface area contributed by atoms with Crippen LogP contribution >= 0.6 is 11.6 Å². The van der Waals surface area contributed by atoms with Crippen LogP contribution in [-0.4, -0.2) is 25.8 Å². The molecule has 0 unspecified atom stereocenters. The van der Waals surface area contributed by atoms with Gasteiger partial charge in [-0.2, -0.15) is 0 Å². The van der Waals surface area contributed by atoms with Crippen molar-refractivity contribution in [2.75, 3.05) is 25.1 Å². The first-order chi connectivity index (χ1) is 9.65. The second-order valence-corrected chi connectivity index (χ2v) is 4.71. The van der Waals surface area contributed by atoms with Crippen molar-refractivity contribution in [1.29, 1.82) is 0 Å². The van der Waals surface area contributed by atoms with Gasteiger partial charge >= 0.3 is 6.03 Å². The first-order valence-corrected chi connectivity index (χ1v) is 7.09. The molecule has 0 atom stereocenters. The minimum atomic E-state index is -0.632. The van der Waals surface area contributed by atoms with Gasteiger partial charge in [-0.3, -0.25) is 0 Å². The molecule has 1 aromatic carbocycles. The van der Waals surface area contributed by atoms with Gasteiger partial charge in [-0.1, -0.05) is 31.0 Å². The van der Waals surface area contributed by atoms with Crippen LogP contribution in [0.15, 0.2) is 18.2 Å². The molecule has 112 valence electrons. The molecule has 0 aromatic heterocycles. The van der Waals surface area contributed by atoms with E-state index in [0.717, 1.165) is 25.9 Å². The molecule has 0 aliphatic rings. The van der Waals surface area contributed by atoms with E-state index in [1.54, 1.807) is 6.07 Å². The van der Waals surface area contributed by atoms with Crippen LogP contribution in [0.3, 0.4) is 0 Å². The van der Waals surface area contributed by atoms with Crippen LogP contribution in [0.2, 0.25) is 5.02 Å². The number of rotatable bonds is 8. The van der Waals surface area contributed by atoms with Gasteiger partial charge in [0.2, 0.25) is 0 Å². The Labute approximate surface area is 123 Å². The van der Waals surface area contributed by atoms with Gasteiger partial charge in [0.15, 0.2) is 5.82 Å². The van der Waals surface area contributed by atoms with Gasteiger partial charge in [0.1, 0.15) is 0 Å². The maximum absolute atomic E-state index is 13.5. The smallest absolute Gasteiger partial charge is 0.319 e. The molecule has 0 saturated heterocycles. The first-order valence-electron chi connectivity index (χ1n) is 6.71. The summed E-state index contributed by atoms with van der Waals surface area (Å²) in [6.07, 6.45) is 2.86. The van der Waals surface area contributed by atoms with Crippen molar-refractivity contribution in [3.63, 3.8) is 0 Å². The molecule has 20 heavy (non-hydrogen) atoms. The summed E-state index contributed by atoms with van der Waals surface area (Å²) in [5.74, 6) is -0.632. The molecule has 0 bridgehead atoms. The lowest BCUT2D eigenvalue weighted by atomic mass is 10.3. The molecule has 0 radical (unpaired) electrons. The highest BCUT2D eigenvalue weighted by Gasteiger charge is 2.08. The number of anilines is 1. The lowest BCUT2D eigenvalue weighted by Crippen LogP contribution is -2.30. The van der Waals surface area contributed by atoms with Crippen LogP contribution in [-0.2, 0) is 4.74 Å². The Hall–Kier alpha value is -1.33. The highest BCUT2D eigenvalue weighted by Crippen LogP contribution is 2.21. The van der Waals surface area contributed by atoms with Gasteiger partial charge in [-0.25, -0.2) is 9.18 Å². The maximum atomic E-state index is 13.5. The topological polar surface area (TPSA) is 50.4 Å². The van der Waals surface area contributed by atoms with Crippen molar-refractivity contribution in [1.82, 2.24) is 5.32 Å². The molecular weight excluding hydrogens is 283 g/mol. The Kier molecular flexibility index (Phi) is 7.99. The van der Waals surface area contributed by atoms with Gasteiger partial charge in [0.05, 0.1) is 10.7 Å². The molecule has 1 aromatic rings. The Bertz CT molecular complexity index is 430. The second-order valence-electron chi connectivity index (χ2n) is 4.30. The van der Waals surface area contributed by atoms with Crippen molar-refractivity contribution >= 4 is 23.3 Å². The molecule has 0 saturated carbocycles. The van der Waals surface area contributed by atoms with Crippen LogP contribution in [0.5, 0.6) is 0 Å². The monoisotopic (exact) mass is 302 g/mol. The Balaban J connectivity index is 2.19. The third kappa shape index (κ3) is 6.21. The number of hydrogen-bond acceptors (Lipinski definition) is 2. The van der Waals surface area contributed by atoms with E-state index in [0.29, 0.717) is 13.2 Å². The molecule has 1 rings (SSSR count). The number of halogens is 2. The third-order valence-electron chi connectivity index (χ3n) is 2.59. The van der Waals surface area contributed by atoms with Crippen LogP contribution in [0.25, 0.3) is 0 Å². The molecule has 2 N–H and O–H groups in total. The number of urea groups is 1. The fraction of sp³-hybridized carbons (Fsp3) is 0.500. The lowest BCUT2D eigenvalue weighted by Gasteiger charge is -2.09. The summed E-state index contributed by atoms with van der Waals surface area (Å²) in [6, 6.07) is 3.99. The molecule has 0 heterocycles. The van der Waals surface area contributed by atoms with Crippen molar-refractivity contribution in [2.45, 2.75) is 26.2 Å². The summed E-state index contributed by atoms with van der Waals surface area (Å²) in [4.78, 5) is 11.5. The lowest BCUT2D eigenvalue weighted by molar-refractivity contribution is 0.129. The highest BCUT2D eigenvalue weighted by molar-refractivity contribution is 6.31. The Morgan fingerprint density at radius 3 is 2.85 bits per heavy atom. The summed E-state index contributed by atoms with van der Waals surface area (Å²) >= 11 is 5.62. The van der Waals surface area contributed by atoms with E-state index in [9.17, 15) is 9.18 Å². The van der Waals surface area contributed by atoms with E-state index in [2.05, 4.69) is 17.6 Å². The quantitative estimate of drug-likeness (QED) is 0.718. The zero-order chi connectivity index (χ0) is 14.8. The molecule has 0 fully saturated rings. The number of benzene rings is 1. The number of hydrogen-bond donors (Lipinski definition) is 2. The zero-order valence-corrected chi connectivity index (χ0v) is 12.3. The molecule has 0 aliphatic carbocycles. The average Bonchev–Trinajstić information content (AvgIpc) is 2.43. The van der Waals surface area contributed by atoms with Gasteiger partial charge in [0.25, 0.3) is 0 Å². The number of carbonyl (C=O) groups is 1. The minimum absolute atomic E-state index is 0.0212. The Morgan fingerprint density at radius 2 is 2.10 bits per heavy atom. The summed E-state index contributed by atoms with van der Waals surface area (Å²) in [6.45, 7) is 3.92. The van der Waals surface area contributed by atoms with E-state index in [1.165, 1.54) is 12.1 Å². The van der Waals surface area contributed by atoms with Crippen LogP contribution in [0.4, 0.5) is 14.9 Å². The van der Waals surface area contributed by atoms with Crippen LogP contribution < -0.4 is 10.6 Å². The SMILES string of the molecule is CCCCOCCCNC(=O)Nc1cccc(Cl)c1F. The molecule has 6 heteroatoms. The summed E-state index contributed by atoms with van der Waals surface area (Å²) < 4.78 is 18.9. The third-order valence-corrected chi connectivity index (χ3v) is 2.88. The standard InChI is InChI=1S/C14H20ClFN2O2/c1-2-3-9-20-10-5-8-17-14(19)18-12-7-4-6-11(15)13(12)16/h4,6-7H,2-3,5,8-10H2,1H3,(H2,17,18,19). The van der Waals surface area contributed by atoms with Gasteiger partial charge in [-0.15, -0.1) is 0 Å². The molecule has 2 amide bonds. The van der Waals surface area contributed by atoms with E-state index >= 15 is 0 Å².